The number of rotatable bonds is 3. The van der Waals surface area contributed by atoms with Crippen LogP contribution in [-0.4, -0.2) is 29.8 Å². The fourth-order valence-electron chi connectivity index (χ4n) is 2.80. The normalized spacial score (nSPS) is 18.1. The molecule has 0 radical (unpaired) electrons. The average Bonchev–Trinajstić information content (AvgIpc) is 3.01. The van der Waals surface area contributed by atoms with Crippen molar-refractivity contribution in [3.63, 3.8) is 0 Å². The molecule has 1 unspecified atom stereocenters. The van der Waals surface area contributed by atoms with Crippen molar-refractivity contribution >= 4 is 23.2 Å². The smallest absolute Gasteiger partial charge is 0.247 e. The Kier molecular flexibility index (Phi) is 4.24. The molecule has 5 heteroatoms. The van der Waals surface area contributed by atoms with Crippen LogP contribution in [0.5, 0.6) is 0 Å². The molecule has 1 N–H and O–H groups in total. The van der Waals surface area contributed by atoms with E-state index in [0.29, 0.717) is 19.5 Å². The zero-order chi connectivity index (χ0) is 15.5. The molecule has 2 aromatic rings. The molecule has 1 aliphatic heterocycles. The van der Waals surface area contributed by atoms with E-state index in [9.17, 15) is 9.59 Å². The fraction of sp³-hybridized carbons (Fsp3) is 0.294. The van der Waals surface area contributed by atoms with Crippen LogP contribution in [0.4, 0.5) is 0 Å². The van der Waals surface area contributed by atoms with Crippen LogP contribution in [-0.2, 0) is 16.0 Å². The van der Waals surface area contributed by atoms with Crippen molar-refractivity contribution in [2.24, 2.45) is 0 Å². The number of hydrogen-bond acceptors (Lipinski definition) is 3. The van der Waals surface area contributed by atoms with Gasteiger partial charge in [0.15, 0.2) is 0 Å². The maximum absolute atomic E-state index is 12.7. The second-order valence-corrected chi connectivity index (χ2v) is 6.43. The minimum atomic E-state index is -0.526. The summed E-state index contributed by atoms with van der Waals surface area (Å²) in [4.78, 5) is 27.8. The summed E-state index contributed by atoms with van der Waals surface area (Å²) < 4.78 is 0. The number of carbonyl (C=O) groups is 2. The topological polar surface area (TPSA) is 49.4 Å². The SMILES string of the molecule is Cc1ccccc1C1C(=O)NCCN1C(=O)Cc1cccs1. The summed E-state index contributed by atoms with van der Waals surface area (Å²) in [7, 11) is 0. The summed E-state index contributed by atoms with van der Waals surface area (Å²) in [6.07, 6.45) is 0.354. The fourth-order valence-corrected chi connectivity index (χ4v) is 3.50. The van der Waals surface area contributed by atoms with Crippen molar-refractivity contribution in [1.82, 2.24) is 10.2 Å². The number of aryl methyl sites for hydroxylation is 1. The molecule has 4 nitrogen and oxygen atoms in total. The minimum Gasteiger partial charge on any atom is -0.352 e. The van der Waals surface area contributed by atoms with Gasteiger partial charge in [0.25, 0.3) is 0 Å². The van der Waals surface area contributed by atoms with Gasteiger partial charge in [0.05, 0.1) is 6.42 Å². The van der Waals surface area contributed by atoms with Gasteiger partial charge in [-0.3, -0.25) is 9.59 Å². The Labute approximate surface area is 133 Å². The van der Waals surface area contributed by atoms with Crippen LogP contribution in [0.25, 0.3) is 0 Å². The van der Waals surface area contributed by atoms with Crippen LogP contribution < -0.4 is 5.32 Å². The van der Waals surface area contributed by atoms with Gasteiger partial charge in [0.1, 0.15) is 6.04 Å². The van der Waals surface area contributed by atoms with Crippen LogP contribution in [0, 0.1) is 6.92 Å². The van der Waals surface area contributed by atoms with E-state index in [-0.39, 0.29) is 11.8 Å². The molecule has 1 aromatic carbocycles. The molecule has 0 spiro atoms. The van der Waals surface area contributed by atoms with Crippen molar-refractivity contribution < 1.29 is 9.59 Å². The second kappa shape index (κ2) is 6.32. The lowest BCUT2D eigenvalue weighted by Gasteiger charge is -2.36. The number of carbonyl (C=O) groups excluding carboxylic acids is 2. The summed E-state index contributed by atoms with van der Waals surface area (Å²) in [6, 6.07) is 11.1. The number of nitrogens with one attached hydrogen (secondary N) is 1. The number of piperazine rings is 1. The number of benzene rings is 1. The van der Waals surface area contributed by atoms with Gasteiger partial charge in [-0.05, 0) is 29.5 Å². The molecule has 0 bridgehead atoms. The Balaban J connectivity index is 1.88. The first kappa shape index (κ1) is 14.8. The first-order valence-corrected chi connectivity index (χ1v) is 8.20. The Morgan fingerprint density at radius 3 is 2.86 bits per heavy atom. The highest BCUT2D eigenvalue weighted by atomic mass is 32.1. The van der Waals surface area contributed by atoms with Crippen molar-refractivity contribution in [1.29, 1.82) is 0 Å². The van der Waals surface area contributed by atoms with E-state index >= 15 is 0 Å². The average molecular weight is 314 g/mol. The zero-order valence-corrected chi connectivity index (χ0v) is 13.2. The molecular weight excluding hydrogens is 296 g/mol. The molecule has 3 rings (SSSR count). The van der Waals surface area contributed by atoms with E-state index in [4.69, 9.17) is 0 Å². The van der Waals surface area contributed by atoms with E-state index < -0.39 is 6.04 Å². The summed E-state index contributed by atoms with van der Waals surface area (Å²) >= 11 is 1.57. The third kappa shape index (κ3) is 2.90. The van der Waals surface area contributed by atoms with E-state index in [1.165, 1.54) is 0 Å². The van der Waals surface area contributed by atoms with Crippen LogP contribution in [0.2, 0.25) is 0 Å². The number of thiophene rings is 1. The lowest BCUT2D eigenvalue weighted by Crippen LogP contribution is -2.52. The molecule has 0 saturated carbocycles. The minimum absolute atomic E-state index is 0.00514. The van der Waals surface area contributed by atoms with Crippen molar-refractivity contribution in [3.8, 4) is 0 Å². The molecular formula is C17H18N2O2S. The lowest BCUT2D eigenvalue weighted by molar-refractivity contribution is -0.143. The van der Waals surface area contributed by atoms with Gasteiger partial charge in [-0.25, -0.2) is 0 Å². The summed E-state index contributed by atoms with van der Waals surface area (Å²) in [5.41, 5.74) is 1.93. The van der Waals surface area contributed by atoms with E-state index in [2.05, 4.69) is 5.32 Å². The third-order valence-corrected chi connectivity index (χ3v) is 4.80. The van der Waals surface area contributed by atoms with Gasteiger partial charge < -0.3 is 10.2 Å². The molecule has 2 heterocycles. The zero-order valence-electron chi connectivity index (χ0n) is 12.4. The van der Waals surface area contributed by atoms with Crippen LogP contribution >= 0.6 is 11.3 Å². The molecule has 1 fully saturated rings. The van der Waals surface area contributed by atoms with Gasteiger partial charge >= 0.3 is 0 Å². The highest BCUT2D eigenvalue weighted by molar-refractivity contribution is 7.10. The quantitative estimate of drug-likeness (QED) is 0.945. The highest BCUT2D eigenvalue weighted by Crippen LogP contribution is 2.27. The molecule has 22 heavy (non-hydrogen) atoms. The van der Waals surface area contributed by atoms with Crippen LogP contribution in [0.3, 0.4) is 0 Å². The summed E-state index contributed by atoms with van der Waals surface area (Å²) in [5, 5.41) is 4.83. The lowest BCUT2D eigenvalue weighted by atomic mass is 9.97. The molecule has 1 aliphatic rings. The second-order valence-electron chi connectivity index (χ2n) is 5.39. The maximum atomic E-state index is 12.7. The largest absolute Gasteiger partial charge is 0.352 e. The summed E-state index contributed by atoms with van der Waals surface area (Å²) in [5.74, 6) is -0.0920. The van der Waals surface area contributed by atoms with Crippen molar-refractivity contribution in [2.75, 3.05) is 13.1 Å². The number of hydrogen-bond donors (Lipinski definition) is 1. The van der Waals surface area contributed by atoms with Crippen molar-refractivity contribution in [3.05, 3.63) is 57.8 Å². The summed E-state index contributed by atoms with van der Waals surface area (Å²) in [6.45, 7) is 3.03. The Hall–Kier alpha value is -2.14. The molecule has 2 amide bonds. The molecule has 1 aromatic heterocycles. The molecule has 0 aliphatic carbocycles. The Bertz CT molecular complexity index is 682. The predicted molar refractivity (Wildman–Crippen MR) is 86.7 cm³/mol. The predicted octanol–water partition coefficient (Wildman–Crippen LogP) is 2.30. The third-order valence-electron chi connectivity index (χ3n) is 3.92. The van der Waals surface area contributed by atoms with Gasteiger partial charge in [-0.2, -0.15) is 0 Å². The molecule has 114 valence electrons. The van der Waals surface area contributed by atoms with Gasteiger partial charge in [-0.15, -0.1) is 11.3 Å². The molecule has 1 saturated heterocycles. The maximum Gasteiger partial charge on any atom is 0.247 e. The first-order chi connectivity index (χ1) is 10.7. The Morgan fingerprint density at radius 2 is 2.14 bits per heavy atom. The van der Waals surface area contributed by atoms with E-state index in [1.807, 2.05) is 48.7 Å². The standard InChI is InChI=1S/C17H18N2O2S/c1-12-5-2-3-7-14(12)16-17(21)18-8-9-19(16)15(20)11-13-6-4-10-22-13/h2-7,10,16H,8-9,11H2,1H3,(H,18,21). The monoisotopic (exact) mass is 314 g/mol. The van der Waals surface area contributed by atoms with Crippen molar-refractivity contribution in [2.45, 2.75) is 19.4 Å². The highest BCUT2D eigenvalue weighted by Gasteiger charge is 2.34. The molecule has 1 atom stereocenters. The number of nitrogens with zero attached hydrogens (tertiary/aromatic N) is 1. The Morgan fingerprint density at radius 1 is 1.32 bits per heavy atom. The van der Waals surface area contributed by atoms with Crippen LogP contribution in [0.15, 0.2) is 41.8 Å². The van der Waals surface area contributed by atoms with Gasteiger partial charge in [0, 0.05) is 18.0 Å². The van der Waals surface area contributed by atoms with Gasteiger partial charge in [0.2, 0.25) is 11.8 Å². The van der Waals surface area contributed by atoms with E-state index in [1.54, 1.807) is 16.2 Å². The van der Waals surface area contributed by atoms with Gasteiger partial charge in [-0.1, -0.05) is 30.3 Å². The number of amides is 2. The van der Waals surface area contributed by atoms with Crippen LogP contribution in [0.1, 0.15) is 22.0 Å². The van der Waals surface area contributed by atoms with E-state index in [0.717, 1.165) is 16.0 Å². The first-order valence-electron chi connectivity index (χ1n) is 7.32.